The van der Waals surface area contributed by atoms with Gasteiger partial charge < -0.3 is 5.11 Å². The van der Waals surface area contributed by atoms with Gasteiger partial charge in [-0.2, -0.15) is 0 Å². The number of carboxylic acids is 1. The lowest BCUT2D eigenvalue weighted by molar-refractivity contribution is 0.0697. The Kier molecular flexibility index (Phi) is 3.12. The molecule has 0 saturated heterocycles. The molecule has 1 aromatic heterocycles. The summed E-state index contributed by atoms with van der Waals surface area (Å²) in [4.78, 5) is 14.9. The maximum Gasteiger partial charge on any atom is 0.335 e. The minimum absolute atomic E-state index is 0.293. The Morgan fingerprint density at radius 3 is 2.94 bits per heavy atom. The molecular weight excluding hydrogens is 222 g/mol. The first-order chi connectivity index (χ1) is 7.75. The molecule has 1 N–H and O–H groups in total. The van der Waals surface area contributed by atoms with Crippen molar-refractivity contribution in [1.29, 1.82) is 0 Å². The molecule has 2 rings (SSSR count). The monoisotopic (exact) mass is 231 g/mol. The van der Waals surface area contributed by atoms with E-state index in [1.807, 2.05) is 23.6 Å². The van der Waals surface area contributed by atoms with Crippen LogP contribution in [0.4, 0.5) is 0 Å². The van der Waals surface area contributed by atoms with Gasteiger partial charge in [-0.1, -0.05) is 18.2 Å². The number of carboxylic acid groups (broad SMARTS) is 1. The van der Waals surface area contributed by atoms with Gasteiger partial charge in [0.15, 0.2) is 0 Å². The maximum atomic E-state index is 10.8. The summed E-state index contributed by atoms with van der Waals surface area (Å²) in [5.41, 5.74) is 1.15. The molecule has 2 aromatic rings. The lowest BCUT2D eigenvalue weighted by Gasteiger charge is -1.96. The highest BCUT2D eigenvalue weighted by molar-refractivity contribution is 7.10. The van der Waals surface area contributed by atoms with E-state index < -0.39 is 5.97 Å². The van der Waals surface area contributed by atoms with E-state index in [-0.39, 0.29) is 0 Å². The number of aromatic carboxylic acids is 1. The van der Waals surface area contributed by atoms with Crippen LogP contribution in [0.25, 0.3) is 12.2 Å². The van der Waals surface area contributed by atoms with Crippen LogP contribution < -0.4 is 0 Å². The summed E-state index contributed by atoms with van der Waals surface area (Å²) >= 11 is 1.54. The van der Waals surface area contributed by atoms with Crippen molar-refractivity contribution in [3.8, 4) is 0 Å². The van der Waals surface area contributed by atoms with Crippen LogP contribution in [0.3, 0.4) is 0 Å². The summed E-state index contributed by atoms with van der Waals surface area (Å²) in [5.74, 6) is -0.913. The normalized spacial score (nSPS) is 10.8. The molecule has 16 heavy (non-hydrogen) atoms. The molecule has 0 amide bonds. The Labute approximate surface area is 96.7 Å². The van der Waals surface area contributed by atoms with Crippen molar-refractivity contribution in [2.75, 3.05) is 0 Å². The first kappa shape index (κ1) is 10.6. The molecule has 0 atom stereocenters. The number of carbonyl (C=O) groups is 1. The van der Waals surface area contributed by atoms with Crippen LogP contribution in [0, 0.1) is 0 Å². The molecule has 0 fully saturated rings. The van der Waals surface area contributed by atoms with Gasteiger partial charge in [0.2, 0.25) is 0 Å². The van der Waals surface area contributed by atoms with Crippen molar-refractivity contribution in [1.82, 2.24) is 4.98 Å². The number of hydrogen-bond acceptors (Lipinski definition) is 3. The van der Waals surface area contributed by atoms with E-state index in [1.165, 1.54) is 11.3 Å². The van der Waals surface area contributed by atoms with Gasteiger partial charge in [-0.3, -0.25) is 0 Å². The summed E-state index contributed by atoms with van der Waals surface area (Å²) < 4.78 is 0. The zero-order valence-electron chi connectivity index (χ0n) is 8.33. The van der Waals surface area contributed by atoms with E-state index >= 15 is 0 Å². The second-order valence-electron chi connectivity index (χ2n) is 3.13. The zero-order chi connectivity index (χ0) is 11.4. The number of benzene rings is 1. The second-order valence-corrected chi connectivity index (χ2v) is 4.06. The Morgan fingerprint density at radius 2 is 2.25 bits per heavy atom. The van der Waals surface area contributed by atoms with Crippen LogP contribution in [0.1, 0.15) is 20.9 Å². The smallest absolute Gasteiger partial charge is 0.335 e. The molecular formula is C12H9NO2S. The second kappa shape index (κ2) is 4.72. The Hall–Kier alpha value is -1.94. The first-order valence-corrected chi connectivity index (χ1v) is 5.54. The van der Waals surface area contributed by atoms with Crippen molar-refractivity contribution in [2.45, 2.75) is 0 Å². The minimum atomic E-state index is -0.913. The van der Waals surface area contributed by atoms with Crippen LogP contribution in [-0.2, 0) is 0 Å². The summed E-state index contributed by atoms with van der Waals surface area (Å²) in [5, 5.41) is 11.6. The Balaban J connectivity index is 2.22. The predicted molar refractivity (Wildman–Crippen MR) is 64.4 cm³/mol. The minimum Gasteiger partial charge on any atom is -0.478 e. The average molecular weight is 231 g/mol. The SMILES string of the molecule is O=C(O)c1cccc(/C=C\c2nccs2)c1. The Bertz CT molecular complexity index is 518. The zero-order valence-corrected chi connectivity index (χ0v) is 9.15. The van der Waals surface area contributed by atoms with Gasteiger partial charge in [-0.05, 0) is 23.8 Å². The fourth-order valence-electron chi connectivity index (χ4n) is 1.26. The maximum absolute atomic E-state index is 10.8. The summed E-state index contributed by atoms with van der Waals surface area (Å²) in [6, 6.07) is 6.79. The molecule has 4 heteroatoms. The van der Waals surface area contributed by atoms with E-state index in [2.05, 4.69) is 4.98 Å². The third-order valence-electron chi connectivity index (χ3n) is 2.00. The molecule has 80 valence electrons. The third kappa shape index (κ3) is 2.55. The molecule has 0 aliphatic carbocycles. The number of rotatable bonds is 3. The van der Waals surface area contributed by atoms with Crippen molar-refractivity contribution < 1.29 is 9.90 Å². The average Bonchev–Trinajstić information content (AvgIpc) is 2.79. The predicted octanol–water partition coefficient (Wildman–Crippen LogP) is 3.01. The molecule has 0 radical (unpaired) electrons. The molecule has 0 spiro atoms. The quantitative estimate of drug-likeness (QED) is 0.883. The number of nitrogens with zero attached hydrogens (tertiary/aromatic N) is 1. The van der Waals surface area contributed by atoms with E-state index in [1.54, 1.807) is 24.4 Å². The van der Waals surface area contributed by atoms with Gasteiger partial charge in [0.25, 0.3) is 0 Å². The van der Waals surface area contributed by atoms with Crippen LogP contribution in [0.15, 0.2) is 35.8 Å². The molecule has 0 aliphatic rings. The molecule has 1 aromatic carbocycles. The lowest BCUT2D eigenvalue weighted by Crippen LogP contribution is -1.95. The molecule has 0 saturated carbocycles. The standard InChI is InChI=1S/C12H9NO2S/c14-12(15)10-3-1-2-9(8-10)4-5-11-13-6-7-16-11/h1-8H,(H,14,15)/b5-4-. The fourth-order valence-corrected chi connectivity index (χ4v) is 1.79. The van der Waals surface area contributed by atoms with Gasteiger partial charge in [0, 0.05) is 11.6 Å². The molecule has 0 unspecified atom stereocenters. The largest absolute Gasteiger partial charge is 0.478 e. The highest BCUT2D eigenvalue weighted by atomic mass is 32.1. The molecule has 1 heterocycles. The van der Waals surface area contributed by atoms with Crippen molar-refractivity contribution in [3.63, 3.8) is 0 Å². The van der Waals surface area contributed by atoms with Crippen molar-refractivity contribution in [2.24, 2.45) is 0 Å². The van der Waals surface area contributed by atoms with Crippen molar-refractivity contribution >= 4 is 29.5 Å². The van der Waals surface area contributed by atoms with Crippen LogP contribution in [0.5, 0.6) is 0 Å². The van der Waals surface area contributed by atoms with Gasteiger partial charge in [-0.25, -0.2) is 9.78 Å². The van der Waals surface area contributed by atoms with Crippen LogP contribution in [0.2, 0.25) is 0 Å². The highest BCUT2D eigenvalue weighted by Gasteiger charge is 2.01. The summed E-state index contributed by atoms with van der Waals surface area (Å²) in [6.45, 7) is 0. The van der Waals surface area contributed by atoms with E-state index in [0.717, 1.165) is 10.6 Å². The van der Waals surface area contributed by atoms with Gasteiger partial charge in [0.1, 0.15) is 5.01 Å². The van der Waals surface area contributed by atoms with Gasteiger partial charge >= 0.3 is 5.97 Å². The number of aromatic nitrogens is 1. The number of thiazole rings is 1. The molecule has 0 bridgehead atoms. The molecule has 3 nitrogen and oxygen atoms in total. The van der Waals surface area contributed by atoms with E-state index in [9.17, 15) is 4.79 Å². The fraction of sp³-hybridized carbons (Fsp3) is 0. The number of hydrogen-bond donors (Lipinski definition) is 1. The highest BCUT2D eigenvalue weighted by Crippen LogP contribution is 2.11. The lowest BCUT2D eigenvalue weighted by atomic mass is 10.1. The van der Waals surface area contributed by atoms with Crippen LogP contribution in [-0.4, -0.2) is 16.1 Å². The topological polar surface area (TPSA) is 50.2 Å². The summed E-state index contributed by atoms with van der Waals surface area (Å²) in [6.07, 6.45) is 5.45. The van der Waals surface area contributed by atoms with Gasteiger partial charge in [0.05, 0.1) is 5.56 Å². The van der Waals surface area contributed by atoms with Crippen molar-refractivity contribution in [3.05, 3.63) is 52.0 Å². The third-order valence-corrected chi connectivity index (χ3v) is 2.74. The Morgan fingerprint density at radius 1 is 1.38 bits per heavy atom. The summed E-state index contributed by atoms with van der Waals surface area (Å²) in [7, 11) is 0. The van der Waals surface area contributed by atoms with Gasteiger partial charge in [-0.15, -0.1) is 11.3 Å². The van der Waals surface area contributed by atoms with E-state index in [0.29, 0.717) is 5.56 Å². The van der Waals surface area contributed by atoms with E-state index in [4.69, 9.17) is 5.11 Å². The molecule has 0 aliphatic heterocycles. The first-order valence-electron chi connectivity index (χ1n) is 4.66. The van der Waals surface area contributed by atoms with Crippen LogP contribution >= 0.6 is 11.3 Å².